The van der Waals surface area contributed by atoms with Crippen LogP contribution in [-0.4, -0.2) is 24.3 Å². The molecule has 0 unspecified atom stereocenters. The maximum Gasteiger partial charge on any atom is 0.306 e. The second kappa shape index (κ2) is 10.6. The van der Waals surface area contributed by atoms with Crippen molar-refractivity contribution in [2.45, 2.75) is 39.5 Å². The van der Waals surface area contributed by atoms with Crippen LogP contribution in [0.3, 0.4) is 0 Å². The lowest BCUT2D eigenvalue weighted by Gasteiger charge is -2.14. The van der Waals surface area contributed by atoms with Gasteiger partial charge < -0.3 is 10.1 Å². The second-order valence-electron chi connectivity index (χ2n) is 6.30. The van der Waals surface area contributed by atoms with Crippen molar-refractivity contribution in [3.8, 4) is 0 Å². The molecular weight excluding hydrogens is 378 g/mol. The molecule has 1 amide bonds. The molecule has 2 aromatic carbocycles. The Balaban J connectivity index is 1.82. The molecule has 0 aliphatic rings. The van der Waals surface area contributed by atoms with Gasteiger partial charge in [-0.15, -0.1) is 0 Å². The van der Waals surface area contributed by atoms with E-state index in [0.29, 0.717) is 10.6 Å². The van der Waals surface area contributed by atoms with Gasteiger partial charge in [0.1, 0.15) is 0 Å². The van der Waals surface area contributed by atoms with Crippen molar-refractivity contribution in [3.63, 3.8) is 0 Å². The predicted octanol–water partition coefficient (Wildman–Crippen LogP) is 4.61. The Labute approximate surface area is 170 Å². The van der Waals surface area contributed by atoms with Gasteiger partial charge in [-0.25, -0.2) is 0 Å². The summed E-state index contributed by atoms with van der Waals surface area (Å²) in [5, 5.41) is 3.38. The van der Waals surface area contributed by atoms with Crippen LogP contribution in [-0.2, 0) is 27.2 Å². The van der Waals surface area contributed by atoms with E-state index < -0.39 is 11.9 Å². The van der Waals surface area contributed by atoms with Gasteiger partial charge in [-0.1, -0.05) is 43.6 Å². The smallest absolute Gasteiger partial charge is 0.306 e. The Morgan fingerprint density at radius 2 is 1.54 bits per heavy atom. The molecule has 0 heterocycles. The number of halogens is 1. The first-order chi connectivity index (χ1) is 13.4. The van der Waals surface area contributed by atoms with Gasteiger partial charge in [-0.2, -0.15) is 0 Å². The number of benzene rings is 2. The monoisotopic (exact) mass is 401 g/mol. The van der Waals surface area contributed by atoms with E-state index in [1.807, 2.05) is 32.0 Å². The molecule has 0 aromatic heterocycles. The number of rotatable bonds is 9. The molecule has 148 valence electrons. The van der Waals surface area contributed by atoms with Crippen molar-refractivity contribution in [1.29, 1.82) is 0 Å². The lowest BCUT2D eigenvalue weighted by molar-refractivity contribution is -0.147. The molecule has 2 rings (SSSR count). The van der Waals surface area contributed by atoms with Gasteiger partial charge in [0, 0.05) is 22.7 Å². The Morgan fingerprint density at radius 1 is 0.929 bits per heavy atom. The average Bonchev–Trinajstić information content (AvgIpc) is 2.71. The lowest BCUT2D eigenvalue weighted by atomic mass is 10.0. The summed E-state index contributed by atoms with van der Waals surface area (Å²) in [6.07, 6.45) is 1.51. The van der Waals surface area contributed by atoms with Crippen LogP contribution in [0.4, 0.5) is 5.69 Å². The Morgan fingerprint density at radius 3 is 2.11 bits per heavy atom. The average molecular weight is 402 g/mol. The Kier molecular flexibility index (Phi) is 8.20. The van der Waals surface area contributed by atoms with E-state index in [1.54, 1.807) is 24.3 Å². The highest BCUT2D eigenvalue weighted by molar-refractivity contribution is 6.30. The largest absolute Gasteiger partial charge is 0.456 e. The standard InChI is InChI=1S/C22H24ClNO4/c1-3-15-6-5-7-16(4-2)22(15)24-20(26)14-28-21(27)13-12-19(25)17-8-10-18(23)11-9-17/h5-11H,3-4,12-14H2,1-2H3,(H,24,26). The number of amides is 1. The van der Waals surface area contributed by atoms with Gasteiger partial charge in [0.15, 0.2) is 12.4 Å². The molecule has 1 N–H and O–H groups in total. The molecule has 28 heavy (non-hydrogen) atoms. The van der Waals surface area contributed by atoms with Crippen molar-refractivity contribution in [2.24, 2.45) is 0 Å². The number of hydrogen-bond donors (Lipinski definition) is 1. The number of aryl methyl sites for hydroxylation is 2. The highest BCUT2D eigenvalue weighted by Crippen LogP contribution is 2.22. The summed E-state index contributed by atoms with van der Waals surface area (Å²) in [6.45, 7) is 3.65. The SMILES string of the molecule is CCc1cccc(CC)c1NC(=O)COC(=O)CCC(=O)c1ccc(Cl)cc1. The number of ether oxygens (including phenoxy) is 1. The summed E-state index contributed by atoms with van der Waals surface area (Å²) in [7, 11) is 0. The van der Waals surface area contributed by atoms with Gasteiger partial charge in [-0.05, 0) is 48.2 Å². The van der Waals surface area contributed by atoms with Gasteiger partial charge in [-0.3, -0.25) is 14.4 Å². The van der Waals surface area contributed by atoms with E-state index in [4.69, 9.17) is 16.3 Å². The number of anilines is 1. The summed E-state index contributed by atoms with van der Waals surface area (Å²) in [5.41, 5.74) is 3.34. The fourth-order valence-electron chi connectivity index (χ4n) is 2.79. The fraction of sp³-hybridized carbons (Fsp3) is 0.318. The van der Waals surface area contributed by atoms with E-state index >= 15 is 0 Å². The van der Waals surface area contributed by atoms with Crippen LogP contribution in [0.15, 0.2) is 42.5 Å². The summed E-state index contributed by atoms with van der Waals surface area (Å²) >= 11 is 5.79. The van der Waals surface area contributed by atoms with Crippen LogP contribution in [0.5, 0.6) is 0 Å². The van der Waals surface area contributed by atoms with E-state index in [-0.39, 0.29) is 25.2 Å². The van der Waals surface area contributed by atoms with Crippen molar-refractivity contribution in [1.82, 2.24) is 0 Å². The number of Topliss-reactive ketones (excluding diaryl/α,β-unsaturated/α-hetero) is 1. The Hall–Kier alpha value is -2.66. The van der Waals surface area contributed by atoms with Gasteiger partial charge in [0.25, 0.3) is 5.91 Å². The fourth-order valence-corrected chi connectivity index (χ4v) is 2.92. The topological polar surface area (TPSA) is 72.5 Å². The number of carbonyl (C=O) groups is 3. The van der Waals surface area contributed by atoms with E-state index in [1.165, 1.54) is 0 Å². The summed E-state index contributed by atoms with van der Waals surface area (Å²) in [6, 6.07) is 12.4. The van der Waals surface area contributed by atoms with Gasteiger partial charge in [0.2, 0.25) is 0 Å². The van der Waals surface area contributed by atoms with Crippen molar-refractivity contribution in [3.05, 3.63) is 64.2 Å². The number of nitrogens with one attached hydrogen (secondary N) is 1. The minimum absolute atomic E-state index is 0.0146. The summed E-state index contributed by atoms with van der Waals surface area (Å²) in [5.74, 6) is -1.16. The van der Waals surface area contributed by atoms with Crippen LogP contribution in [0, 0.1) is 0 Å². The quantitative estimate of drug-likeness (QED) is 0.492. The molecule has 6 heteroatoms. The molecule has 2 aromatic rings. The second-order valence-corrected chi connectivity index (χ2v) is 6.73. The molecule has 0 fully saturated rings. The highest BCUT2D eigenvalue weighted by Gasteiger charge is 2.14. The van der Waals surface area contributed by atoms with Crippen LogP contribution >= 0.6 is 11.6 Å². The molecule has 0 bridgehead atoms. The first-order valence-electron chi connectivity index (χ1n) is 9.29. The lowest BCUT2D eigenvalue weighted by Crippen LogP contribution is -2.22. The zero-order valence-corrected chi connectivity index (χ0v) is 16.8. The third kappa shape index (κ3) is 6.20. The van der Waals surface area contributed by atoms with Crippen LogP contribution in [0.1, 0.15) is 48.2 Å². The molecule has 0 spiro atoms. The normalized spacial score (nSPS) is 10.4. The minimum Gasteiger partial charge on any atom is -0.456 e. The van der Waals surface area contributed by atoms with Gasteiger partial charge in [0.05, 0.1) is 6.42 Å². The predicted molar refractivity (Wildman–Crippen MR) is 110 cm³/mol. The van der Waals surface area contributed by atoms with Crippen LogP contribution in [0.2, 0.25) is 5.02 Å². The maximum absolute atomic E-state index is 12.2. The van der Waals surface area contributed by atoms with Crippen molar-refractivity contribution in [2.75, 3.05) is 11.9 Å². The third-order valence-corrected chi connectivity index (χ3v) is 4.60. The van der Waals surface area contributed by atoms with Crippen LogP contribution in [0.25, 0.3) is 0 Å². The van der Waals surface area contributed by atoms with Crippen molar-refractivity contribution < 1.29 is 19.1 Å². The van der Waals surface area contributed by atoms with E-state index in [9.17, 15) is 14.4 Å². The summed E-state index contributed by atoms with van der Waals surface area (Å²) < 4.78 is 5.00. The first kappa shape index (κ1) is 21.6. The minimum atomic E-state index is -0.586. The zero-order valence-electron chi connectivity index (χ0n) is 16.1. The maximum atomic E-state index is 12.2. The highest BCUT2D eigenvalue weighted by atomic mass is 35.5. The molecule has 0 saturated heterocycles. The molecular formula is C22H24ClNO4. The molecule has 0 atom stereocenters. The molecule has 0 aliphatic heterocycles. The Bertz CT molecular complexity index is 824. The number of hydrogen-bond acceptors (Lipinski definition) is 4. The first-order valence-corrected chi connectivity index (χ1v) is 9.67. The molecule has 0 radical (unpaired) electrons. The van der Waals surface area contributed by atoms with E-state index in [0.717, 1.165) is 29.7 Å². The number of ketones is 1. The third-order valence-electron chi connectivity index (χ3n) is 4.35. The van der Waals surface area contributed by atoms with E-state index in [2.05, 4.69) is 5.32 Å². The van der Waals surface area contributed by atoms with Crippen molar-refractivity contribution >= 4 is 34.9 Å². The molecule has 5 nitrogen and oxygen atoms in total. The summed E-state index contributed by atoms with van der Waals surface area (Å²) in [4.78, 5) is 36.1. The van der Waals surface area contributed by atoms with Crippen LogP contribution < -0.4 is 5.32 Å². The number of esters is 1. The molecule has 0 saturated carbocycles. The zero-order chi connectivity index (χ0) is 20.5. The number of para-hydroxylation sites is 1. The molecule has 0 aliphatic carbocycles. The number of carbonyl (C=O) groups excluding carboxylic acids is 3. The van der Waals surface area contributed by atoms with Gasteiger partial charge >= 0.3 is 5.97 Å².